The predicted molar refractivity (Wildman–Crippen MR) is 124 cm³/mol. The number of aromatic nitrogens is 6. The number of aliphatic hydroxyl groups excluding tert-OH is 7. The molecule has 0 saturated carbocycles. The van der Waals surface area contributed by atoms with Gasteiger partial charge >= 0.3 is 0 Å². The van der Waals surface area contributed by atoms with Gasteiger partial charge in [-0.25, -0.2) is 4.68 Å². The molecule has 0 bridgehead atoms. The second-order valence-electron chi connectivity index (χ2n) is 9.20. The lowest BCUT2D eigenvalue weighted by molar-refractivity contribution is -0.304. The monoisotopic (exact) mass is 562 g/mol. The van der Waals surface area contributed by atoms with Crippen LogP contribution >= 0.6 is 0 Å². The van der Waals surface area contributed by atoms with Crippen molar-refractivity contribution in [2.45, 2.75) is 94.0 Å². The minimum atomic E-state index is -2.26. The van der Waals surface area contributed by atoms with E-state index < -0.39 is 80.7 Å². The maximum absolute atomic E-state index is 10.1. The molecule has 4 heterocycles. The van der Waals surface area contributed by atoms with Crippen molar-refractivity contribution in [3.05, 3.63) is 23.8 Å². The standard InChI is InChI=1S/C21H35N7O11/c1-2-13(27-4-10(24-26-27)8-36-20-14(22)17(33)15(31)11(5-29)38-20)28-23-3-9(25-28)7-37-21-19(35)18(34)16(32)12(6-30)39-21/h3-4,11-21,29-35H,2,5-8,22H2,1H3/t11-,12-,13?,14-,15-,16+,17-,18+,19-,20?,21?/m1/s1/i20D. The van der Waals surface area contributed by atoms with Crippen LogP contribution in [0, 0.1) is 0 Å². The maximum atomic E-state index is 10.1. The van der Waals surface area contributed by atoms with E-state index in [9.17, 15) is 35.7 Å². The predicted octanol–water partition coefficient (Wildman–Crippen LogP) is -5.07. The van der Waals surface area contributed by atoms with E-state index in [-0.39, 0.29) is 18.9 Å². The van der Waals surface area contributed by atoms with Crippen LogP contribution in [0.2, 0.25) is 0 Å². The Morgan fingerprint density at radius 1 is 0.974 bits per heavy atom. The molecule has 0 aliphatic carbocycles. The number of rotatable bonds is 11. The molecule has 18 nitrogen and oxygen atoms in total. The lowest BCUT2D eigenvalue weighted by atomic mass is 9.98. The van der Waals surface area contributed by atoms with Gasteiger partial charge in [-0.05, 0) is 6.42 Å². The second kappa shape index (κ2) is 13.0. The van der Waals surface area contributed by atoms with Crippen LogP contribution in [0.25, 0.3) is 0 Å². The number of aliphatic hydroxyl groups is 7. The summed E-state index contributed by atoms with van der Waals surface area (Å²) in [4.78, 5) is 1.35. The van der Waals surface area contributed by atoms with Crippen LogP contribution in [0.5, 0.6) is 0 Å². The zero-order valence-electron chi connectivity index (χ0n) is 22.0. The summed E-state index contributed by atoms with van der Waals surface area (Å²) in [5, 5.41) is 85.3. The summed E-state index contributed by atoms with van der Waals surface area (Å²) in [7, 11) is 0. The summed E-state index contributed by atoms with van der Waals surface area (Å²) in [6.45, 7) is 0.151. The first-order valence-corrected chi connectivity index (χ1v) is 12.3. The van der Waals surface area contributed by atoms with Gasteiger partial charge in [0.15, 0.2) is 18.7 Å². The fraction of sp³-hybridized carbons (Fsp3) is 0.810. The third-order valence-electron chi connectivity index (χ3n) is 6.48. The molecule has 4 rings (SSSR count). The number of nitrogens with two attached hydrogens (primary N) is 1. The van der Waals surface area contributed by atoms with Crippen molar-refractivity contribution in [3.63, 3.8) is 0 Å². The minimum Gasteiger partial charge on any atom is -0.394 e. The molecule has 0 amide bonds. The van der Waals surface area contributed by atoms with Crippen LogP contribution in [-0.4, -0.2) is 140 Å². The fourth-order valence-electron chi connectivity index (χ4n) is 4.16. The van der Waals surface area contributed by atoms with Crippen LogP contribution in [0.15, 0.2) is 12.4 Å². The summed E-state index contributed by atoms with van der Waals surface area (Å²) in [6.07, 6.45) is -10.7. The van der Waals surface area contributed by atoms with Crippen molar-refractivity contribution in [1.82, 2.24) is 30.0 Å². The average molecular weight is 563 g/mol. The topological polar surface area (TPSA) is 266 Å². The number of ether oxygens (including phenoxy) is 4. The highest BCUT2D eigenvalue weighted by Gasteiger charge is 2.44. The van der Waals surface area contributed by atoms with Gasteiger partial charge < -0.3 is 60.4 Å². The Hall–Kier alpha value is -2.20. The van der Waals surface area contributed by atoms with Gasteiger partial charge in [0.25, 0.3) is 0 Å². The van der Waals surface area contributed by atoms with E-state index in [2.05, 4.69) is 20.5 Å². The highest BCUT2D eigenvalue weighted by Crippen LogP contribution is 2.24. The summed E-state index contributed by atoms with van der Waals surface area (Å²) in [5.41, 5.74) is 6.45. The zero-order chi connectivity index (χ0) is 29.2. The van der Waals surface area contributed by atoms with E-state index in [1.165, 1.54) is 21.9 Å². The van der Waals surface area contributed by atoms with Gasteiger partial charge in [-0.2, -0.15) is 15.0 Å². The van der Waals surface area contributed by atoms with E-state index in [1.54, 1.807) is 0 Å². The van der Waals surface area contributed by atoms with Crippen molar-refractivity contribution < 1.29 is 56.1 Å². The summed E-state index contributed by atoms with van der Waals surface area (Å²) in [5.74, 6) is 0. The Kier molecular flexibility index (Phi) is 9.43. The average Bonchev–Trinajstić information content (AvgIpc) is 3.62. The summed E-state index contributed by atoms with van der Waals surface area (Å²) < 4.78 is 31.4. The molecule has 0 aromatic carbocycles. The van der Waals surface area contributed by atoms with Crippen molar-refractivity contribution in [2.24, 2.45) is 5.73 Å². The third kappa shape index (κ3) is 6.42. The molecule has 2 aromatic rings. The lowest BCUT2D eigenvalue weighted by Crippen LogP contribution is -2.62. The largest absolute Gasteiger partial charge is 0.394 e. The molecule has 2 aliphatic heterocycles. The Morgan fingerprint density at radius 3 is 2.33 bits per heavy atom. The number of hydrogen-bond donors (Lipinski definition) is 8. The van der Waals surface area contributed by atoms with Crippen molar-refractivity contribution in [1.29, 1.82) is 0 Å². The minimum absolute atomic E-state index is 0.170. The highest BCUT2D eigenvalue weighted by atomic mass is 16.7. The summed E-state index contributed by atoms with van der Waals surface area (Å²) >= 11 is 0. The van der Waals surface area contributed by atoms with Gasteiger partial charge in [0.05, 0.1) is 46.2 Å². The van der Waals surface area contributed by atoms with Gasteiger partial charge in [-0.3, -0.25) is 0 Å². The lowest BCUT2D eigenvalue weighted by Gasteiger charge is -2.40. The van der Waals surface area contributed by atoms with Gasteiger partial charge in [0.1, 0.15) is 54.1 Å². The molecule has 18 heteroatoms. The molecule has 2 saturated heterocycles. The Bertz CT molecular complexity index is 1090. The molecule has 39 heavy (non-hydrogen) atoms. The van der Waals surface area contributed by atoms with Crippen LogP contribution in [-0.2, 0) is 32.2 Å². The molecular weight excluding hydrogens is 526 g/mol. The van der Waals surface area contributed by atoms with Crippen LogP contribution < -0.4 is 5.73 Å². The van der Waals surface area contributed by atoms with E-state index in [0.717, 1.165) is 0 Å². The van der Waals surface area contributed by atoms with E-state index in [0.29, 0.717) is 12.1 Å². The first kappa shape index (κ1) is 28.3. The molecule has 2 fully saturated rings. The first-order chi connectivity index (χ1) is 19.0. The molecule has 11 atom stereocenters. The van der Waals surface area contributed by atoms with Gasteiger partial charge in [0, 0.05) is 0 Å². The zero-order valence-corrected chi connectivity index (χ0v) is 21.0. The number of hydrogen-bond acceptors (Lipinski definition) is 16. The van der Waals surface area contributed by atoms with E-state index in [1.807, 2.05) is 6.92 Å². The second-order valence-corrected chi connectivity index (χ2v) is 9.20. The SMILES string of the molecule is [2H]C1(OCc2cn(C(CC)n3ncc(COC4O[C@H](CO)[C@H](O)[C@H](O)[C@H]4O)n3)nn2)O[C@H](CO)[C@@H](O)[C@H](O)[C@H]1N. The van der Waals surface area contributed by atoms with Crippen molar-refractivity contribution in [3.8, 4) is 0 Å². The van der Waals surface area contributed by atoms with Crippen molar-refractivity contribution in [2.75, 3.05) is 13.2 Å². The van der Waals surface area contributed by atoms with E-state index >= 15 is 0 Å². The Morgan fingerprint density at radius 2 is 1.64 bits per heavy atom. The van der Waals surface area contributed by atoms with Crippen LogP contribution in [0.1, 0.15) is 32.3 Å². The quantitative estimate of drug-likeness (QED) is 0.127. The first-order valence-electron chi connectivity index (χ1n) is 12.8. The van der Waals surface area contributed by atoms with Gasteiger partial charge in [0.2, 0.25) is 0 Å². The van der Waals surface area contributed by atoms with Crippen molar-refractivity contribution >= 4 is 0 Å². The van der Waals surface area contributed by atoms with E-state index in [4.69, 9.17) is 26.1 Å². The molecule has 3 unspecified atom stereocenters. The molecule has 220 valence electrons. The highest BCUT2D eigenvalue weighted by molar-refractivity contribution is 4.96. The molecule has 0 spiro atoms. The van der Waals surface area contributed by atoms with Gasteiger partial charge in [-0.15, -0.1) is 5.10 Å². The Balaban J connectivity index is 1.36. The molecule has 0 radical (unpaired) electrons. The Labute approximate surface area is 223 Å². The number of nitrogens with zero attached hydrogens (tertiary/aromatic N) is 6. The fourth-order valence-corrected chi connectivity index (χ4v) is 4.16. The molecule has 9 N–H and O–H groups in total. The summed E-state index contributed by atoms with van der Waals surface area (Å²) in [6, 6.07) is -1.43. The smallest absolute Gasteiger partial charge is 0.187 e. The van der Waals surface area contributed by atoms with Crippen LogP contribution in [0.4, 0.5) is 0 Å². The third-order valence-corrected chi connectivity index (χ3v) is 6.48. The van der Waals surface area contributed by atoms with Crippen LogP contribution in [0.3, 0.4) is 0 Å². The molecule has 2 aliphatic rings. The van der Waals surface area contributed by atoms with Gasteiger partial charge in [-0.1, -0.05) is 12.1 Å². The normalized spacial score (nSPS) is 38.5. The molecular formula is C21H35N7O11. The molecule has 2 aromatic heterocycles. The maximum Gasteiger partial charge on any atom is 0.187 e.